The predicted molar refractivity (Wildman–Crippen MR) is 68.2 cm³/mol. The lowest BCUT2D eigenvalue weighted by atomic mass is 10.1. The van der Waals surface area contributed by atoms with Gasteiger partial charge in [0, 0.05) is 18.1 Å². The zero-order chi connectivity index (χ0) is 12.4. The first-order valence-electron chi connectivity index (χ1n) is 5.38. The molecule has 5 heteroatoms. The van der Waals surface area contributed by atoms with Crippen molar-refractivity contribution in [1.82, 2.24) is 4.90 Å². The molecule has 0 spiro atoms. The number of carbonyl (C=O) groups is 1. The molecule has 1 aliphatic rings. The first-order chi connectivity index (χ1) is 8.11. The fourth-order valence-electron chi connectivity index (χ4n) is 1.92. The van der Waals surface area contributed by atoms with Crippen LogP contribution in [-0.4, -0.2) is 36.4 Å². The van der Waals surface area contributed by atoms with Crippen molar-refractivity contribution in [2.75, 3.05) is 20.2 Å². The average molecular weight is 274 g/mol. The molecule has 1 fully saturated rings. The van der Waals surface area contributed by atoms with Crippen molar-refractivity contribution < 1.29 is 9.53 Å². The van der Waals surface area contributed by atoms with E-state index in [-0.39, 0.29) is 11.3 Å². The van der Waals surface area contributed by atoms with Gasteiger partial charge in [-0.15, -0.1) is 11.6 Å². The standard InChI is InChI=1S/C12H13Cl2NO2/c1-17-11-3-2-8(13)6-10(11)12(16)15-5-4-9(14)7-15/h2-3,6,9H,4-5,7H2,1H3. The lowest BCUT2D eigenvalue weighted by molar-refractivity contribution is 0.0789. The normalized spacial score (nSPS) is 19.5. The Morgan fingerprint density at radius 3 is 2.88 bits per heavy atom. The van der Waals surface area contributed by atoms with Crippen LogP contribution in [-0.2, 0) is 0 Å². The lowest BCUT2D eigenvalue weighted by Gasteiger charge is -2.17. The number of ether oxygens (including phenoxy) is 1. The SMILES string of the molecule is COc1ccc(Cl)cc1C(=O)N1CCC(Cl)C1. The molecule has 1 aromatic carbocycles. The van der Waals surface area contributed by atoms with Gasteiger partial charge in [0.1, 0.15) is 5.75 Å². The predicted octanol–water partition coefficient (Wildman–Crippen LogP) is 2.80. The Balaban J connectivity index is 2.26. The van der Waals surface area contributed by atoms with E-state index in [1.807, 2.05) is 0 Å². The molecule has 2 rings (SSSR count). The average Bonchev–Trinajstić information content (AvgIpc) is 2.75. The number of hydrogen-bond donors (Lipinski definition) is 0. The number of hydrogen-bond acceptors (Lipinski definition) is 2. The number of methoxy groups -OCH3 is 1. The van der Waals surface area contributed by atoms with Gasteiger partial charge in [-0.25, -0.2) is 0 Å². The maximum atomic E-state index is 12.3. The molecule has 1 amide bonds. The Morgan fingerprint density at radius 1 is 1.53 bits per heavy atom. The number of nitrogens with zero attached hydrogens (tertiary/aromatic N) is 1. The van der Waals surface area contributed by atoms with Crippen LogP contribution in [0.4, 0.5) is 0 Å². The van der Waals surface area contributed by atoms with Crippen LogP contribution in [0.15, 0.2) is 18.2 Å². The molecule has 0 N–H and O–H groups in total. The van der Waals surface area contributed by atoms with Crippen molar-refractivity contribution in [2.24, 2.45) is 0 Å². The summed E-state index contributed by atoms with van der Waals surface area (Å²) in [4.78, 5) is 14.0. The zero-order valence-corrected chi connectivity index (χ0v) is 11.0. The molecule has 0 aromatic heterocycles. The molecule has 1 aromatic rings. The molecule has 92 valence electrons. The van der Waals surface area contributed by atoms with Gasteiger partial charge in [-0.2, -0.15) is 0 Å². The highest BCUT2D eigenvalue weighted by Gasteiger charge is 2.27. The highest BCUT2D eigenvalue weighted by molar-refractivity contribution is 6.31. The third-order valence-electron chi connectivity index (χ3n) is 2.81. The summed E-state index contributed by atoms with van der Waals surface area (Å²) in [5.74, 6) is 0.463. The Hall–Kier alpha value is -0.930. The molecule has 0 bridgehead atoms. The number of carbonyl (C=O) groups excluding carboxylic acids is 1. The number of amides is 1. The number of halogens is 2. The van der Waals surface area contributed by atoms with Crippen LogP contribution < -0.4 is 4.74 Å². The van der Waals surface area contributed by atoms with Gasteiger partial charge < -0.3 is 9.64 Å². The second-order valence-corrected chi connectivity index (χ2v) is 5.04. The second-order valence-electron chi connectivity index (χ2n) is 3.98. The third kappa shape index (κ3) is 2.67. The molecule has 3 nitrogen and oxygen atoms in total. The molecule has 1 unspecified atom stereocenters. The summed E-state index contributed by atoms with van der Waals surface area (Å²) >= 11 is 11.9. The first kappa shape index (κ1) is 12.5. The van der Waals surface area contributed by atoms with Crippen LogP contribution in [0, 0.1) is 0 Å². The van der Waals surface area contributed by atoms with E-state index in [1.165, 1.54) is 7.11 Å². The van der Waals surface area contributed by atoms with Crippen LogP contribution in [0.5, 0.6) is 5.75 Å². The van der Waals surface area contributed by atoms with E-state index in [9.17, 15) is 4.79 Å². The fourth-order valence-corrected chi connectivity index (χ4v) is 2.36. The summed E-state index contributed by atoms with van der Waals surface area (Å²) in [7, 11) is 1.54. The number of likely N-dealkylation sites (tertiary alicyclic amines) is 1. The second kappa shape index (κ2) is 5.15. The van der Waals surface area contributed by atoms with Gasteiger partial charge in [0.25, 0.3) is 5.91 Å². The zero-order valence-electron chi connectivity index (χ0n) is 9.45. The highest BCUT2D eigenvalue weighted by atomic mass is 35.5. The van der Waals surface area contributed by atoms with Gasteiger partial charge in [-0.1, -0.05) is 11.6 Å². The van der Waals surface area contributed by atoms with Crippen molar-refractivity contribution in [3.8, 4) is 5.75 Å². The van der Waals surface area contributed by atoms with E-state index in [4.69, 9.17) is 27.9 Å². The van der Waals surface area contributed by atoms with Crippen molar-refractivity contribution in [1.29, 1.82) is 0 Å². The molecule has 0 radical (unpaired) electrons. The molecule has 0 aliphatic carbocycles. The quantitative estimate of drug-likeness (QED) is 0.776. The summed E-state index contributed by atoms with van der Waals surface area (Å²) in [6.07, 6.45) is 0.830. The Morgan fingerprint density at radius 2 is 2.29 bits per heavy atom. The first-order valence-corrected chi connectivity index (χ1v) is 6.20. The minimum Gasteiger partial charge on any atom is -0.496 e. The van der Waals surface area contributed by atoms with E-state index in [0.717, 1.165) is 6.42 Å². The summed E-state index contributed by atoms with van der Waals surface area (Å²) in [6.45, 7) is 1.26. The largest absolute Gasteiger partial charge is 0.496 e. The van der Waals surface area contributed by atoms with Gasteiger partial charge in [-0.05, 0) is 24.6 Å². The van der Waals surface area contributed by atoms with E-state index < -0.39 is 0 Å². The highest BCUT2D eigenvalue weighted by Crippen LogP contribution is 2.26. The smallest absolute Gasteiger partial charge is 0.257 e. The molecule has 0 saturated carbocycles. The van der Waals surface area contributed by atoms with Crippen LogP contribution in [0.25, 0.3) is 0 Å². The maximum absolute atomic E-state index is 12.3. The summed E-state index contributed by atoms with van der Waals surface area (Å²) in [5.41, 5.74) is 0.491. The fraction of sp³-hybridized carbons (Fsp3) is 0.417. The molecule has 1 aliphatic heterocycles. The van der Waals surface area contributed by atoms with Crippen LogP contribution in [0.3, 0.4) is 0 Å². The topological polar surface area (TPSA) is 29.5 Å². The van der Waals surface area contributed by atoms with Gasteiger partial charge >= 0.3 is 0 Å². The van der Waals surface area contributed by atoms with Crippen molar-refractivity contribution in [3.05, 3.63) is 28.8 Å². The molecule has 1 atom stereocenters. The number of benzene rings is 1. The Kier molecular flexibility index (Phi) is 3.79. The molecule has 1 heterocycles. The summed E-state index contributed by atoms with van der Waals surface area (Å²) in [6, 6.07) is 5.03. The number of rotatable bonds is 2. The molecular weight excluding hydrogens is 261 g/mol. The van der Waals surface area contributed by atoms with E-state index in [0.29, 0.717) is 29.4 Å². The van der Waals surface area contributed by atoms with Gasteiger partial charge in [0.15, 0.2) is 0 Å². The Bertz CT molecular complexity index is 437. The van der Waals surface area contributed by atoms with Crippen molar-refractivity contribution >= 4 is 29.1 Å². The summed E-state index contributed by atoms with van der Waals surface area (Å²) in [5, 5.41) is 0.569. The Labute approximate surface area is 110 Å². The van der Waals surface area contributed by atoms with Crippen molar-refractivity contribution in [2.45, 2.75) is 11.8 Å². The van der Waals surface area contributed by atoms with Crippen molar-refractivity contribution in [3.63, 3.8) is 0 Å². The number of alkyl halides is 1. The molecule has 17 heavy (non-hydrogen) atoms. The van der Waals surface area contributed by atoms with Crippen LogP contribution in [0.1, 0.15) is 16.8 Å². The lowest BCUT2D eigenvalue weighted by Crippen LogP contribution is -2.29. The van der Waals surface area contributed by atoms with Gasteiger partial charge in [0.2, 0.25) is 0 Å². The van der Waals surface area contributed by atoms with Crippen LogP contribution in [0.2, 0.25) is 5.02 Å². The van der Waals surface area contributed by atoms with E-state index >= 15 is 0 Å². The minimum atomic E-state index is -0.0764. The van der Waals surface area contributed by atoms with Gasteiger partial charge in [-0.3, -0.25) is 4.79 Å². The van der Waals surface area contributed by atoms with Crippen LogP contribution >= 0.6 is 23.2 Å². The maximum Gasteiger partial charge on any atom is 0.257 e. The monoisotopic (exact) mass is 273 g/mol. The molecular formula is C12H13Cl2NO2. The minimum absolute atomic E-state index is 0.0455. The third-order valence-corrected chi connectivity index (χ3v) is 3.40. The molecule has 1 saturated heterocycles. The summed E-state index contributed by atoms with van der Waals surface area (Å²) < 4.78 is 5.17. The van der Waals surface area contributed by atoms with Gasteiger partial charge in [0.05, 0.1) is 18.1 Å². The van der Waals surface area contributed by atoms with E-state index in [2.05, 4.69) is 0 Å². The van der Waals surface area contributed by atoms with E-state index in [1.54, 1.807) is 23.1 Å².